The molecule has 1 aliphatic heterocycles. The molecule has 0 unspecified atom stereocenters. The van der Waals surface area contributed by atoms with Crippen LogP contribution in [0, 0.1) is 0 Å². The van der Waals surface area contributed by atoms with Crippen molar-refractivity contribution in [2.45, 2.75) is 38.8 Å². The van der Waals surface area contributed by atoms with Gasteiger partial charge >= 0.3 is 0 Å². The van der Waals surface area contributed by atoms with Crippen molar-refractivity contribution >= 4 is 10.2 Å². The minimum atomic E-state index is -3.52. The van der Waals surface area contributed by atoms with E-state index in [2.05, 4.69) is 18.6 Å². The van der Waals surface area contributed by atoms with Crippen molar-refractivity contribution in [1.29, 1.82) is 0 Å². The first kappa shape index (κ1) is 18.4. The van der Waals surface area contributed by atoms with Gasteiger partial charge in [0.25, 0.3) is 10.2 Å². The zero-order chi connectivity index (χ0) is 17.0. The van der Waals surface area contributed by atoms with Crippen LogP contribution in [0.4, 0.5) is 0 Å². The maximum atomic E-state index is 12.3. The smallest absolute Gasteiger partial charge is 0.279 e. The van der Waals surface area contributed by atoms with Gasteiger partial charge < -0.3 is 10.5 Å². The van der Waals surface area contributed by atoms with Gasteiger partial charge in [0.1, 0.15) is 0 Å². The summed E-state index contributed by atoms with van der Waals surface area (Å²) in [5, 5.41) is 0. The molecule has 0 aromatic heterocycles. The first-order valence-corrected chi connectivity index (χ1v) is 9.45. The van der Waals surface area contributed by atoms with Gasteiger partial charge in [-0.3, -0.25) is 0 Å². The zero-order valence-corrected chi connectivity index (χ0v) is 14.8. The summed E-state index contributed by atoms with van der Waals surface area (Å²) < 4.78 is 34.0. The average molecular weight is 341 g/mol. The molecule has 7 heteroatoms. The number of hydrogen-bond acceptors (Lipinski definition) is 4. The van der Waals surface area contributed by atoms with E-state index in [1.165, 1.54) is 9.87 Å². The van der Waals surface area contributed by atoms with Gasteiger partial charge in [-0.1, -0.05) is 38.1 Å². The van der Waals surface area contributed by atoms with E-state index in [1.807, 2.05) is 31.2 Å². The van der Waals surface area contributed by atoms with Gasteiger partial charge in [-0.05, 0) is 24.0 Å². The van der Waals surface area contributed by atoms with Gasteiger partial charge in [0.2, 0.25) is 0 Å². The highest BCUT2D eigenvalue weighted by Gasteiger charge is 2.27. The molecule has 23 heavy (non-hydrogen) atoms. The molecule has 2 rings (SSSR count). The highest BCUT2D eigenvalue weighted by Crippen LogP contribution is 2.18. The summed E-state index contributed by atoms with van der Waals surface area (Å²) >= 11 is 0. The molecule has 6 nitrogen and oxygen atoms in total. The first-order chi connectivity index (χ1) is 10.8. The lowest BCUT2D eigenvalue weighted by Crippen LogP contribution is -2.50. The zero-order valence-electron chi connectivity index (χ0n) is 14.0. The molecule has 0 aliphatic carbocycles. The Labute approximate surface area is 139 Å². The van der Waals surface area contributed by atoms with Crippen LogP contribution < -0.4 is 10.5 Å². The van der Waals surface area contributed by atoms with Crippen LogP contribution >= 0.6 is 0 Å². The van der Waals surface area contributed by atoms with Gasteiger partial charge in [-0.25, -0.2) is 4.72 Å². The van der Waals surface area contributed by atoms with E-state index in [4.69, 9.17) is 10.5 Å². The summed E-state index contributed by atoms with van der Waals surface area (Å²) in [7, 11) is -3.52. The average Bonchev–Trinajstić information content (AvgIpc) is 2.53. The van der Waals surface area contributed by atoms with Crippen LogP contribution in [0.5, 0.6) is 0 Å². The Bertz CT molecular complexity index is 602. The SMILES string of the molecule is CC(C)c1ccc([C@H](N)CNS(=O)(=O)N2CCO[C@H](C)C2)cc1. The van der Waals surface area contributed by atoms with E-state index in [-0.39, 0.29) is 18.7 Å². The molecule has 0 saturated carbocycles. The lowest BCUT2D eigenvalue weighted by atomic mass is 9.99. The van der Waals surface area contributed by atoms with E-state index in [9.17, 15) is 8.42 Å². The maximum absolute atomic E-state index is 12.3. The molecule has 1 saturated heterocycles. The molecule has 130 valence electrons. The summed E-state index contributed by atoms with van der Waals surface area (Å²) in [6.07, 6.45) is -0.0856. The molecule has 1 fully saturated rings. The van der Waals surface area contributed by atoms with Crippen LogP contribution in [0.1, 0.15) is 43.9 Å². The van der Waals surface area contributed by atoms with Crippen LogP contribution in [-0.4, -0.2) is 45.1 Å². The third-order valence-electron chi connectivity index (χ3n) is 4.06. The Morgan fingerprint density at radius 2 is 1.91 bits per heavy atom. The van der Waals surface area contributed by atoms with Crippen molar-refractivity contribution < 1.29 is 13.2 Å². The monoisotopic (exact) mass is 341 g/mol. The molecule has 3 N–H and O–H groups in total. The van der Waals surface area contributed by atoms with Gasteiger partial charge in [0.05, 0.1) is 12.7 Å². The number of nitrogens with zero attached hydrogens (tertiary/aromatic N) is 1. The summed E-state index contributed by atoms with van der Waals surface area (Å²) in [4.78, 5) is 0. The maximum Gasteiger partial charge on any atom is 0.279 e. The van der Waals surface area contributed by atoms with Crippen LogP contribution in [0.15, 0.2) is 24.3 Å². The van der Waals surface area contributed by atoms with Crippen molar-refractivity contribution in [2.75, 3.05) is 26.2 Å². The molecule has 0 radical (unpaired) electrons. The number of nitrogens with one attached hydrogen (secondary N) is 1. The number of ether oxygens (including phenoxy) is 1. The summed E-state index contributed by atoms with van der Waals surface area (Å²) in [6, 6.07) is 7.64. The van der Waals surface area contributed by atoms with Crippen LogP contribution in [0.2, 0.25) is 0 Å². The third-order valence-corrected chi connectivity index (χ3v) is 5.60. The second-order valence-electron chi connectivity index (χ2n) is 6.32. The second-order valence-corrected chi connectivity index (χ2v) is 8.08. The van der Waals surface area contributed by atoms with Crippen LogP contribution in [0.3, 0.4) is 0 Å². The van der Waals surface area contributed by atoms with Gasteiger partial charge in [-0.15, -0.1) is 0 Å². The minimum absolute atomic E-state index is 0.0856. The van der Waals surface area contributed by atoms with Crippen LogP contribution in [0.25, 0.3) is 0 Å². The van der Waals surface area contributed by atoms with E-state index in [0.29, 0.717) is 25.6 Å². The number of benzene rings is 1. The fourth-order valence-electron chi connectivity index (χ4n) is 2.54. The third kappa shape index (κ3) is 4.99. The highest BCUT2D eigenvalue weighted by atomic mass is 32.2. The quantitative estimate of drug-likeness (QED) is 0.818. The molecular weight excluding hydrogens is 314 g/mol. The first-order valence-electron chi connectivity index (χ1n) is 8.01. The summed E-state index contributed by atoms with van der Waals surface area (Å²) in [5.41, 5.74) is 8.28. The number of morpholine rings is 1. The highest BCUT2D eigenvalue weighted by molar-refractivity contribution is 7.87. The number of rotatable bonds is 6. The van der Waals surface area contributed by atoms with Gasteiger partial charge in [-0.2, -0.15) is 12.7 Å². The Kier molecular flexibility index (Phi) is 6.16. The topological polar surface area (TPSA) is 84.7 Å². The fourth-order valence-corrected chi connectivity index (χ4v) is 3.83. The molecule has 1 aliphatic rings. The van der Waals surface area contributed by atoms with Gasteiger partial charge in [0.15, 0.2) is 0 Å². The summed E-state index contributed by atoms with van der Waals surface area (Å²) in [5.74, 6) is 0.460. The summed E-state index contributed by atoms with van der Waals surface area (Å²) in [6.45, 7) is 7.47. The number of hydrogen-bond donors (Lipinski definition) is 2. The Morgan fingerprint density at radius 3 is 2.48 bits per heavy atom. The molecule has 2 atom stereocenters. The second kappa shape index (κ2) is 7.72. The van der Waals surface area contributed by atoms with E-state index in [0.717, 1.165) is 5.56 Å². The van der Waals surface area contributed by atoms with E-state index >= 15 is 0 Å². The van der Waals surface area contributed by atoms with Crippen molar-refractivity contribution in [3.63, 3.8) is 0 Å². The molecular formula is C16H27N3O3S. The molecule has 1 heterocycles. The van der Waals surface area contributed by atoms with Crippen molar-refractivity contribution in [3.05, 3.63) is 35.4 Å². The van der Waals surface area contributed by atoms with Crippen molar-refractivity contribution in [2.24, 2.45) is 5.73 Å². The Balaban J connectivity index is 1.93. The van der Waals surface area contributed by atoms with Gasteiger partial charge in [0, 0.05) is 25.7 Å². The van der Waals surface area contributed by atoms with Crippen molar-refractivity contribution in [3.8, 4) is 0 Å². The Hall–Kier alpha value is -0.990. The molecule has 0 amide bonds. The lowest BCUT2D eigenvalue weighted by molar-refractivity contribution is 0.00977. The predicted octanol–water partition coefficient (Wildman–Crippen LogP) is 1.36. The van der Waals surface area contributed by atoms with Crippen molar-refractivity contribution in [1.82, 2.24) is 9.03 Å². The standard InChI is InChI=1S/C16H27N3O3S/c1-12(2)14-4-6-15(7-5-14)16(17)10-18-23(20,21)19-8-9-22-13(3)11-19/h4-7,12-13,16,18H,8-11,17H2,1-3H3/t13-,16-/m1/s1. The normalized spacial score (nSPS) is 21.5. The van der Waals surface area contributed by atoms with Crippen LogP contribution in [-0.2, 0) is 14.9 Å². The Morgan fingerprint density at radius 1 is 1.30 bits per heavy atom. The fraction of sp³-hybridized carbons (Fsp3) is 0.625. The predicted molar refractivity (Wildman–Crippen MR) is 91.4 cm³/mol. The van der Waals surface area contributed by atoms with E-state index < -0.39 is 10.2 Å². The molecule has 1 aromatic carbocycles. The lowest BCUT2D eigenvalue weighted by Gasteiger charge is -2.30. The molecule has 0 spiro atoms. The molecule has 1 aromatic rings. The number of nitrogens with two attached hydrogens (primary N) is 1. The largest absolute Gasteiger partial charge is 0.376 e. The minimum Gasteiger partial charge on any atom is -0.376 e. The van der Waals surface area contributed by atoms with E-state index in [1.54, 1.807) is 0 Å². The molecule has 0 bridgehead atoms.